The van der Waals surface area contributed by atoms with E-state index in [4.69, 9.17) is 0 Å². The molecular weight excluding hydrogens is 224 g/mol. The standard InChI is InChI=1S/C15H26N2O/c1-12(18)16-8-5-13(6-9-16)14-7-10-17(11-14)15-3-2-4-15/h13-15H,2-11H2,1H3. The molecule has 0 aromatic carbocycles. The second-order valence-corrected chi connectivity index (χ2v) is 6.47. The van der Waals surface area contributed by atoms with Crippen LogP contribution in [0.15, 0.2) is 0 Å². The molecular formula is C15H26N2O. The molecule has 1 unspecified atom stereocenters. The molecule has 1 amide bonds. The molecule has 3 aliphatic rings. The third kappa shape index (κ3) is 2.42. The topological polar surface area (TPSA) is 23.6 Å². The molecule has 2 aliphatic heterocycles. The smallest absolute Gasteiger partial charge is 0.219 e. The average Bonchev–Trinajstić information content (AvgIpc) is 2.76. The van der Waals surface area contributed by atoms with E-state index >= 15 is 0 Å². The Labute approximate surface area is 111 Å². The van der Waals surface area contributed by atoms with Crippen molar-refractivity contribution in [2.45, 2.75) is 51.5 Å². The van der Waals surface area contributed by atoms with Gasteiger partial charge in [0.1, 0.15) is 0 Å². The van der Waals surface area contributed by atoms with Crippen molar-refractivity contribution in [3.63, 3.8) is 0 Å². The van der Waals surface area contributed by atoms with Crippen LogP contribution < -0.4 is 0 Å². The van der Waals surface area contributed by atoms with Crippen LogP contribution >= 0.6 is 0 Å². The first-order chi connectivity index (χ1) is 8.74. The summed E-state index contributed by atoms with van der Waals surface area (Å²) >= 11 is 0. The lowest BCUT2D eigenvalue weighted by molar-refractivity contribution is -0.130. The van der Waals surface area contributed by atoms with E-state index in [1.807, 2.05) is 4.90 Å². The number of nitrogens with zero attached hydrogens (tertiary/aromatic N) is 2. The summed E-state index contributed by atoms with van der Waals surface area (Å²) in [4.78, 5) is 16.1. The Bertz CT molecular complexity index is 306. The first kappa shape index (κ1) is 12.5. The molecule has 18 heavy (non-hydrogen) atoms. The minimum Gasteiger partial charge on any atom is -0.343 e. The van der Waals surface area contributed by atoms with Crippen LogP contribution in [0.2, 0.25) is 0 Å². The molecule has 3 heteroatoms. The van der Waals surface area contributed by atoms with Gasteiger partial charge in [-0.15, -0.1) is 0 Å². The highest BCUT2D eigenvalue weighted by molar-refractivity contribution is 5.73. The summed E-state index contributed by atoms with van der Waals surface area (Å²) in [7, 11) is 0. The number of hydrogen-bond acceptors (Lipinski definition) is 2. The fourth-order valence-corrected chi connectivity index (χ4v) is 3.97. The van der Waals surface area contributed by atoms with Gasteiger partial charge < -0.3 is 9.80 Å². The van der Waals surface area contributed by atoms with E-state index in [2.05, 4.69) is 4.90 Å². The second-order valence-electron chi connectivity index (χ2n) is 6.47. The SMILES string of the molecule is CC(=O)N1CCC(C2CCN(C3CCC3)C2)CC1. The van der Waals surface area contributed by atoms with Crippen molar-refractivity contribution in [3.05, 3.63) is 0 Å². The molecule has 1 atom stereocenters. The van der Waals surface area contributed by atoms with Gasteiger partial charge in [0.15, 0.2) is 0 Å². The lowest BCUT2D eigenvalue weighted by atomic mass is 9.83. The second kappa shape index (κ2) is 5.20. The van der Waals surface area contributed by atoms with Crippen LogP contribution in [-0.2, 0) is 4.79 Å². The van der Waals surface area contributed by atoms with Gasteiger partial charge >= 0.3 is 0 Å². The average molecular weight is 250 g/mol. The highest BCUT2D eigenvalue weighted by atomic mass is 16.2. The summed E-state index contributed by atoms with van der Waals surface area (Å²) in [6, 6.07) is 0.923. The lowest BCUT2D eigenvalue weighted by Gasteiger charge is -2.37. The quantitative estimate of drug-likeness (QED) is 0.749. The molecule has 0 aromatic heterocycles. The Kier molecular flexibility index (Phi) is 3.60. The summed E-state index contributed by atoms with van der Waals surface area (Å²) in [5.41, 5.74) is 0. The Morgan fingerprint density at radius 2 is 1.61 bits per heavy atom. The Balaban J connectivity index is 1.47. The van der Waals surface area contributed by atoms with E-state index in [-0.39, 0.29) is 5.91 Å². The number of amides is 1. The summed E-state index contributed by atoms with van der Waals surface area (Å²) in [5, 5.41) is 0. The van der Waals surface area contributed by atoms with Crippen molar-refractivity contribution in [2.75, 3.05) is 26.2 Å². The number of rotatable bonds is 2. The van der Waals surface area contributed by atoms with Gasteiger partial charge in [-0.1, -0.05) is 6.42 Å². The number of carbonyl (C=O) groups excluding carboxylic acids is 1. The normalized spacial score (nSPS) is 31.6. The maximum atomic E-state index is 11.3. The molecule has 2 heterocycles. The summed E-state index contributed by atoms with van der Waals surface area (Å²) in [6.45, 7) is 6.38. The molecule has 1 saturated carbocycles. The minimum absolute atomic E-state index is 0.260. The molecule has 2 saturated heterocycles. The maximum absolute atomic E-state index is 11.3. The Morgan fingerprint density at radius 3 is 2.17 bits per heavy atom. The Morgan fingerprint density at radius 1 is 0.944 bits per heavy atom. The van der Waals surface area contributed by atoms with E-state index < -0.39 is 0 Å². The molecule has 1 aliphatic carbocycles. The summed E-state index contributed by atoms with van der Waals surface area (Å²) < 4.78 is 0. The third-order valence-corrected chi connectivity index (χ3v) is 5.50. The van der Waals surface area contributed by atoms with Crippen LogP contribution in [0.4, 0.5) is 0 Å². The van der Waals surface area contributed by atoms with E-state index in [9.17, 15) is 4.79 Å². The van der Waals surface area contributed by atoms with Gasteiger partial charge in [-0.3, -0.25) is 4.79 Å². The van der Waals surface area contributed by atoms with Gasteiger partial charge in [0.2, 0.25) is 5.91 Å². The lowest BCUT2D eigenvalue weighted by Crippen LogP contribution is -2.41. The molecule has 102 valence electrons. The fourth-order valence-electron chi connectivity index (χ4n) is 3.97. The summed E-state index contributed by atoms with van der Waals surface area (Å²) in [6.07, 6.45) is 8.21. The van der Waals surface area contributed by atoms with Gasteiger partial charge in [0, 0.05) is 32.6 Å². The van der Waals surface area contributed by atoms with E-state index in [0.717, 1.165) is 31.0 Å². The zero-order chi connectivity index (χ0) is 12.5. The number of piperidine rings is 1. The molecule has 3 fully saturated rings. The van der Waals surface area contributed by atoms with Gasteiger partial charge in [0.25, 0.3) is 0 Å². The van der Waals surface area contributed by atoms with Gasteiger partial charge in [-0.25, -0.2) is 0 Å². The minimum atomic E-state index is 0.260. The number of hydrogen-bond donors (Lipinski definition) is 0. The molecule has 0 aromatic rings. The van der Waals surface area contributed by atoms with E-state index in [1.54, 1.807) is 6.92 Å². The van der Waals surface area contributed by atoms with Gasteiger partial charge in [-0.2, -0.15) is 0 Å². The van der Waals surface area contributed by atoms with Crippen LogP contribution in [0, 0.1) is 11.8 Å². The Hall–Kier alpha value is -0.570. The molecule has 0 spiro atoms. The van der Waals surface area contributed by atoms with Crippen molar-refractivity contribution in [1.29, 1.82) is 0 Å². The molecule has 0 N–H and O–H groups in total. The van der Waals surface area contributed by atoms with Crippen LogP contribution in [0.25, 0.3) is 0 Å². The van der Waals surface area contributed by atoms with Crippen LogP contribution in [0.1, 0.15) is 45.4 Å². The molecule has 3 rings (SSSR count). The highest BCUT2D eigenvalue weighted by Gasteiger charge is 2.36. The van der Waals surface area contributed by atoms with Crippen LogP contribution in [0.5, 0.6) is 0 Å². The maximum Gasteiger partial charge on any atom is 0.219 e. The number of carbonyl (C=O) groups is 1. The molecule has 3 nitrogen and oxygen atoms in total. The van der Waals surface area contributed by atoms with Crippen LogP contribution in [0.3, 0.4) is 0 Å². The predicted molar refractivity (Wildman–Crippen MR) is 72.3 cm³/mol. The zero-order valence-electron chi connectivity index (χ0n) is 11.6. The van der Waals surface area contributed by atoms with Crippen LogP contribution in [-0.4, -0.2) is 47.9 Å². The van der Waals surface area contributed by atoms with Crippen molar-refractivity contribution in [3.8, 4) is 0 Å². The van der Waals surface area contributed by atoms with Crippen molar-refractivity contribution in [1.82, 2.24) is 9.80 Å². The number of likely N-dealkylation sites (tertiary alicyclic amines) is 2. The van der Waals surface area contributed by atoms with Crippen molar-refractivity contribution >= 4 is 5.91 Å². The van der Waals surface area contributed by atoms with E-state index in [0.29, 0.717) is 0 Å². The summed E-state index contributed by atoms with van der Waals surface area (Å²) in [5.74, 6) is 2.06. The van der Waals surface area contributed by atoms with Gasteiger partial charge in [-0.05, 0) is 50.5 Å². The largest absolute Gasteiger partial charge is 0.343 e. The third-order valence-electron chi connectivity index (χ3n) is 5.50. The first-order valence-electron chi connectivity index (χ1n) is 7.73. The van der Waals surface area contributed by atoms with Gasteiger partial charge in [0.05, 0.1) is 0 Å². The highest BCUT2D eigenvalue weighted by Crippen LogP contribution is 2.35. The van der Waals surface area contributed by atoms with Crippen molar-refractivity contribution < 1.29 is 4.79 Å². The zero-order valence-corrected chi connectivity index (χ0v) is 11.6. The fraction of sp³-hybridized carbons (Fsp3) is 0.933. The monoisotopic (exact) mass is 250 g/mol. The van der Waals surface area contributed by atoms with E-state index in [1.165, 1.54) is 51.6 Å². The van der Waals surface area contributed by atoms with Crippen molar-refractivity contribution in [2.24, 2.45) is 11.8 Å². The molecule has 0 bridgehead atoms. The predicted octanol–water partition coefficient (Wildman–Crippen LogP) is 2.12. The first-order valence-corrected chi connectivity index (χ1v) is 7.73. The molecule has 0 radical (unpaired) electrons.